The van der Waals surface area contributed by atoms with Gasteiger partial charge in [0.25, 0.3) is 5.91 Å². The van der Waals surface area contributed by atoms with Gasteiger partial charge in [-0.05, 0) is 31.6 Å². The number of sulfone groups is 1. The first-order chi connectivity index (χ1) is 9.89. The van der Waals surface area contributed by atoms with E-state index >= 15 is 0 Å². The predicted octanol–water partition coefficient (Wildman–Crippen LogP) is 0.758. The fourth-order valence-corrected chi connectivity index (χ4v) is 3.28. The number of rotatable bonds is 5. The van der Waals surface area contributed by atoms with Crippen LogP contribution in [0.5, 0.6) is 5.75 Å². The van der Waals surface area contributed by atoms with Gasteiger partial charge in [-0.25, -0.2) is 8.42 Å². The van der Waals surface area contributed by atoms with Crippen molar-refractivity contribution in [2.75, 3.05) is 12.4 Å². The van der Waals surface area contributed by atoms with Crippen molar-refractivity contribution in [2.24, 2.45) is 0 Å². The molecule has 2 rings (SSSR count). The molecule has 0 fully saturated rings. The normalized spacial score (nSPS) is 19.4. The summed E-state index contributed by atoms with van der Waals surface area (Å²) < 4.78 is 27.9. The number of nitrogens with zero attached hydrogens (tertiary/aromatic N) is 1. The zero-order valence-electron chi connectivity index (χ0n) is 12.0. The van der Waals surface area contributed by atoms with E-state index in [0.717, 1.165) is 16.8 Å². The molecule has 1 aliphatic rings. The molecule has 2 heterocycles. The lowest BCUT2D eigenvalue weighted by Crippen LogP contribution is -2.38. The van der Waals surface area contributed by atoms with Crippen molar-refractivity contribution in [3.63, 3.8) is 0 Å². The third-order valence-electron chi connectivity index (χ3n) is 3.04. The van der Waals surface area contributed by atoms with Crippen LogP contribution in [0.1, 0.15) is 18.3 Å². The Morgan fingerprint density at radius 1 is 1.48 bits per heavy atom. The molecule has 21 heavy (non-hydrogen) atoms. The Labute approximate surface area is 124 Å². The molecule has 1 N–H and O–H groups in total. The monoisotopic (exact) mass is 310 g/mol. The Kier molecular flexibility index (Phi) is 4.62. The molecule has 0 radical (unpaired) electrons. The summed E-state index contributed by atoms with van der Waals surface area (Å²) in [5, 5.41) is 3.73. The number of nitrogens with one attached hydrogen (secondary N) is 1. The molecule has 1 aliphatic heterocycles. The number of carbonyl (C=O) groups excluding carboxylic acids is 1. The SMILES string of the molecule is CCc1nc(C)ccc1OCC(=O)N[C@@H]1C=CS(=O)(=O)C1. The van der Waals surface area contributed by atoms with Crippen molar-refractivity contribution in [2.45, 2.75) is 26.3 Å². The maximum Gasteiger partial charge on any atom is 0.258 e. The van der Waals surface area contributed by atoms with Gasteiger partial charge in [-0.2, -0.15) is 0 Å². The minimum Gasteiger partial charge on any atom is -0.482 e. The van der Waals surface area contributed by atoms with E-state index < -0.39 is 15.9 Å². The fraction of sp³-hybridized carbons (Fsp3) is 0.429. The number of hydrogen-bond acceptors (Lipinski definition) is 5. The van der Waals surface area contributed by atoms with Crippen LogP contribution < -0.4 is 10.1 Å². The highest BCUT2D eigenvalue weighted by Crippen LogP contribution is 2.17. The minimum atomic E-state index is -3.17. The standard InChI is InChI=1S/C14H18N2O4S/c1-3-12-13(5-4-10(2)15-12)20-8-14(17)16-11-6-7-21(18,19)9-11/h4-7,11H,3,8-9H2,1-2H3,(H,16,17)/t11-/m1/s1. The predicted molar refractivity (Wildman–Crippen MR) is 78.7 cm³/mol. The van der Waals surface area contributed by atoms with Crippen molar-refractivity contribution in [3.05, 3.63) is 35.0 Å². The zero-order valence-corrected chi connectivity index (χ0v) is 12.8. The van der Waals surface area contributed by atoms with Gasteiger partial charge in [-0.3, -0.25) is 9.78 Å². The molecular formula is C14H18N2O4S. The number of pyridine rings is 1. The summed E-state index contributed by atoms with van der Waals surface area (Å²) in [6, 6.07) is 3.13. The van der Waals surface area contributed by atoms with Crippen molar-refractivity contribution >= 4 is 15.7 Å². The molecule has 1 atom stereocenters. The van der Waals surface area contributed by atoms with E-state index in [1.165, 1.54) is 6.08 Å². The molecule has 0 saturated carbocycles. The van der Waals surface area contributed by atoms with E-state index in [2.05, 4.69) is 10.3 Å². The molecule has 1 aromatic rings. The molecule has 0 aromatic carbocycles. The molecule has 0 aliphatic carbocycles. The molecular weight excluding hydrogens is 292 g/mol. The van der Waals surface area contributed by atoms with Gasteiger partial charge in [0.05, 0.1) is 17.5 Å². The zero-order chi connectivity index (χ0) is 15.5. The van der Waals surface area contributed by atoms with Gasteiger partial charge in [0.15, 0.2) is 16.4 Å². The molecule has 114 valence electrons. The van der Waals surface area contributed by atoms with Crippen LogP contribution >= 0.6 is 0 Å². The Hall–Kier alpha value is -1.89. The summed E-state index contributed by atoms with van der Waals surface area (Å²) in [4.78, 5) is 16.1. The average molecular weight is 310 g/mol. The van der Waals surface area contributed by atoms with Crippen molar-refractivity contribution < 1.29 is 17.9 Å². The van der Waals surface area contributed by atoms with Gasteiger partial charge in [0, 0.05) is 11.1 Å². The third kappa shape index (κ3) is 4.29. The van der Waals surface area contributed by atoms with E-state index in [9.17, 15) is 13.2 Å². The van der Waals surface area contributed by atoms with Crippen LogP contribution in [0.25, 0.3) is 0 Å². The summed E-state index contributed by atoms with van der Waals surface area (Å²) in [7, 11) is -3.17. The number of hydrogen-bond donors (Lipinski definition) is 1. The van der Waals surface area contributed by atoms with E-state index in [4.69, 9.17) is 4.74 Å². The van der Waals surface area contributed by atoms with Crippen LogP contribution in [0, 0.1) is 6.92 Å². The summed E-state index contributed by atoms with van der Waals surface area (Å²) >= 11 is 0. The third-order valence-corrected chi connectivity index (χ3v) is 4.44. The summed E-state index contributed by atoms with van der Waals surface area (Å²) in [6.45, 7) is 3.69. The second-order valence-electron chi connectivity index (χ2n) is 4.87. The maximum atomic E-state index is 11.8. The van der Waals surface area contributed by atoms with Gasteiger partial charge in [0.1, 0.15) is 5.75 Å². The lowest BCUT2D eigenvalue weighted by Gasteiger charge is -2.12. The average Bonchev–Trinajstić information content (AvgIpc) is 2.76. The van der Waals surface area contributed by atoms with Crippen LogP contribution in [0.15, 0.2) is 23.6 Å². The Balaban J connectivity index is 1.89. The van der Waals surface area contributed by atoms with Crippen LogP contribution in [0.4, 0.5) is 0 Å². The van der Waals surface area contributed by atoms with E-state index in [0.29, 0.717) is 12.2 Å². The van der Waals surface area contributed by atoms with Gasteiger partial charge < -0.3 is 10.1 Å². The molecule has 1 aromatic heterocycles. The minimum absolute atomic E-state index is 0.0922. The molecule has 0 unspecified atom stereocenters. The van der Waals surface area contributed by atoms with Crippen LogP contribution in [0.3, 0.4) is 0 Å². The van der Waals surface area contributed by atoms with Crippen LogP contribution in [-0.4, -0.2) is 37.7 Å². The maximum absolute atomic E-state index is 11.8. The summed E-state index contributed by atoms with van der Waals surface area (Å²) in [5.41, 5.74) is 1.69. The topological polar surface area (TPSA) is 85.4 Å². The van der Waals surface area contributed by atoms with Crippen LogP contribution in [-0.2, 0) is 21.1 Å². The van der Waals surface area contributed by atoms with Gasteiger partial charge in [-0.15, -0.1) is 0 Å². The highest BCUT2D eigenvalue weighted by atomic mass is 32.2. The highest BCUT2D eigenvalue weighted by molar-refractivity contribution is 7.94. The van der Waals surface area contributed by atoms with Crippen molar-refractivity contribution in [3.8, 4) is 5.75 Å². The number of aryl methyl sites for hydroxylation is 2. The first-order valence-electron chi connectivity index (χ1n) is 6.69. The Bertz CT molecular complexity index is 668. The van der Waals surface area contributed by atoms with E-state index in [1.807, 2.05) is 19.9 Å². The van der Waals surface area contributed by atoms with E-state index in [1.54, 1.807) is 6.07 Å². The van der Waals surface area contributed by atoms with Crippen molar-refractivity contribution in [1.29, 1.82) is 0 Å². The molecule has 1 amide bonds. The Morgan fingerprint density at radius 3 is 2.86 bits per heavy atom. The molecule has 0 bridgehead atoms. The number of ether oxygens (including phenoxy) is 1. The molecule has 0 saturated heterocycles. The second-order valence-corrected chi connectivity index (χ2v) is 6.80. The van der Waals surface area contributed by atoms with Crippen LogP contribution in [0.2, 0.25) is 0 Å². The summed E-state index contributed by atoms with van der Waals surface area (Å²) in [6.07, 6.45) is 2.18. The van der Waals surface area contributed by atoms with Gasteiger partial charge >= 0.3 is 0 Å². The quantitative estimate of drug-likeness (QED) is 0.868. The number of amides is 1. The fourth-order valence-electron chi connectivity index (χ4n) is 2.04. The lowest BCUT2D eigenvalue weighted by molar-refractivity contribution is -0.123. The smallest absolute Gasteiger partial charge is 0.258 e. The van der Waals surface area contributed by atoms with Gasteiger partial charge in [0.2, 0.25) is 0 Å². The number of carbonyl (C=O) groups is 1. The lowest BCUT2D eigenvalue weighted by atomic mass is 10.2. The van der Waals surface area contributed by atoms with Gasteiger partial charge in [-0.1, -0.05) is 6.92 Å². The molecule has 0 spiro atoms. The number of aromatic nitrogens is 1. The van der Waals surface area contributed by atoms with E-state index in [-0.39, 0.29) is 18.3 Å². The Morgan fingerprint density at radius 2 is 2.24 bits per heavy atom. The largest absolute Gasteiger partial charge is 0.482 e. The first-order valence-corrected chi connectivity index (χ1v) is 8.41. The molecule has 6 nitrogen and oxygen atoms in total. The molecule has 7 heteroatoms. The second kappa shape index (κ2) is 6.26. The highest BCUT2D eigenvalue weighted by Gasteiger charge is 2.23. The van der Waals surface area contributed by atoms with Crippen molar-refractivity contribution in [1.82, 2.24) is 10.3 Å². The first kappa shape index (κ1) is 15.5. The summed E-state index contributed by atoms with van der Waals surface area (Å²) in [5.74, 6) is 0.127.